The van der Waals surface area contributed by atoms with Crippen LogP contribution in [0, 0.1) is 12.3 Å². The molecule has 1 fully saturated rings. The Balaban J connectivity index is 0.00000144. The normalized spacial score (nSPS) is 30.5. The predicted octanol–water partition coefficient (Wildman–Crippen LogP) is 1.79. The largest absolute Gasteiger partial charge is 0.378 e. The van der Waals surface area contributed by atoms with E-state index >= 15 is 0 Å². The van der Waals surface area contributed by atoms with Crippen LogP contribution in [0.3, 0.4) is 0 Å². The van der Waals surface area contributed by atoms with E-state index in [1.807, 2.05) is 6.92 Å². The number of aryl methyl sites for hydroxylation is 1. The van der Waals surface area contributed by atoms with Crippen molar-refractivity contribution in [2.75, 3.05) is 6.61 Å². The predicted molar refractivity (Wildman–Crippen MR) is 66.0 cm³/mol. The fourth-order valence-electron chi connectivity index (χ4n) is 2.28. The van der Waals surface area contributed by atoms with Crippen molar-refractivity contribution in [3.8, 4) is 0 Å². The van der Waals surface area contributed by atoms with Crippen LogP contribution in [0.5, 0.6) is 0 Å². The first-order valence-corrected chi connectivity index (χ1v) is 5.63. The Hall–Kier alpha value is -0.650. The Morgan fingerprint density at radius 1 is 1.53 bits per heavy atom. The Kier molecular flexibility index (Phi) is 3.86. The standard InChI is InChI=1S/C11H19N3O2.ClH/c1-5-15-8-6-11(12,10(8,3)4)9-13-7(2)14-16-9;/h8H,5-6,12H2,1-4H3;1H. The van der Waals surface area contributed by atoms with Crippen LogP contribution in [0.15, 0.2) is 4.52 Å². The van der Waals surface area contributed by atoms with Crippen molar-refractivity contribution in [2.45, 2.75) is 45.8 Å². The van der Waals surface area contributed by atoms with Gasteiger partial charge in [-0.3, -0.25) is 0 Å². The first-order valence-electron chi connectivity index (χ1n) is 5.63. The van der Waals surface area contributed by atoms with Crippen LogP contribution in [0.25, 0.3) is 0 Å². The zero-order valence-electron chi connectivity index (χ0n) is 10.7. The second-order valence-corrected chi connectivity index (χ2v) is 4.99. The van der Waals surface area contributed by atoms with Crippen LogP contribution in [-0.4, -0.2) is 22.9 Å². The monoisotopic (exact) mass is 261 g/mol. The molecular weight excluding hydrogens is 242 g/mol. The number of hydrogen-bond donors (Lipinski definition) is 1. The molecule has 1 saturated carbocycles. The molecule has 1 aromatic rings. The number of ether oxygens (including phenoxy) is 1. The van der Waals surface area contributed by atoms with Crippen molar-refractivity contribution >= 4 is 12.4 Å². The van der Waals surface area contributed by atoms with E-state index in [-0.39, 0.29) is 23.9 Å². The highest BCUT2D eigenvalue weighted by Crippen LogP contribution is 2.54. The lowest BCUT2D eigenvalue weighted by atomic mass is 9.54. The van der Waals surface area contributed by atoms with Crippen molar-refractivity contribution in [2.24, 2.45) is 11.1 Å². The molecule has 1 aliphatic carbocycles. The van der Waals surface area contributed by atoms with Gasteiger partial charge in [-0.05, 0) is 13.8 Å². The number of rotatable bonds is 3. The molecule has 6 heteroatoms. The van der Waals surface area contributed by atoms with Crippen molar-refractivity contribution in [3.63, 3.8) is 0 Å². The summed E-state index contributed by atoms with van der Waals surface area (Å²) in [6.45, 7) is 8.64. The summed E-state index contributed by atoms with van der Waals surface area (Å²) in [5.41, 5.74) is 5.62. The molecule has 17 heavy (non-hydrogen) atoms. The molecule has 2 unspecified atom stereocenters. The maximum absolute atomic E-state index is 6.36. The molecular formula is C11H20ClN3O2. The fraction of sp³-hybridized carbons (Fsp3) is 0.818. The highest BCUT2D eigenvalue weighted by Gasteiger charge is 2.62. The van der Waals surface area contributed by atoms with Gasteiger partial charge in [0.05, 0.1) is 6.10 Å². The van der Waals surface area contributed by atoms with Gasteiger partial charge in [0.15, 0.2) is 5.82 Å². The van der Waals surface area contributed by atoms with Crippen LogP contribution in [-0.2, 0) is 10.3 Å². The van der Waals surface area contributed by atoms with Gasteiger partial charge < -0.3 is 15.0 Å². The molecule has 98 valence electrons. The van der Waals surface area contributed by atoms with Crippen LogP contribution in [0.2, 0.25) is 0 Å². The van der Waals surface area contributed by atoms with Crippen LogP contribution in [0.4, 0.5) is 0 Å². The highest BCUT2D eigenvalue weighted by atomic mass is 35.5. The Morgan fingerprint density at radius 2 is 2.18 bits per heavy atom. The van der Waals surface area contributed by atoms with Gasteiger partial charge in [0.25, 0.3) is 0 Å². The minimum absolute atomic E-state index is 0. The smallest absolute Gasteiger partial charge is 0.247 e. The minimum atomic E-state index is -0.561. The quantitative estimate of drug-likeness (QED) is 0.898. The zero-order valence-corrected chi connectivity index (χ0v) is 11.5. The zero-order chi connectivity index (χ0) is 12.0. The molecule has 0 aliphatic heterocycles. The van der Waals surface area contributed by atoms with E-state index in [0.717, 1.165) is 6.42 Å². The molecule has 5 nitrogen and oxygen atoms in total. The molecule has 1 aliphatic rings. The van der Waals surface area contributed by atoms with Crippen molar-refractivity contribution < 1.29 is 9.26 Å². The lowest BCUT2D eigenvalue weighted by Gasteiger charge is -2.56. The second kappa shape index (κ2) is 4.55. The minimum Gasteiger partial charge on any atom is -0.378 e. The highest BCUT2D eigenvalue weighted by molar-refractivity contribution is 5.85. The number of nitrogens with zero attached hydrogens (tertiary/aromatic N) is 2. The summed E-state index contributed by atoms with van der Waals surface area (Å²) in [7, 11) is 0. The topological polar surface area (TPSA) is 74.2 Å². The molecule has 0 saturated heterocycles. The molecule has 0 radical (unpaired) electrons. The number of nitrogens with two attached hydrogens (primary N) is 1. The lowest BCUT2D eigenvalue weighted by Crippen LogP contribution is -2.67. The van der Waals surface area contributed by atoms with Gasteiger partial charge in [-0.1, -0.05) is 19.0 Å². The summed E-state index contributed by atoms with van der Waals surface area (Å²) in [5, 5.41) is 3.79. The van der Waals surface area contributed by atoms with E-state index in [9.17, 15) is 0 Å². The summed E-state index contributed by atoms with van der Waals surface area (Å²) < 4.78 is 10.8. The Labute approximate surface area is 108 Å². The van der Waals surface area contributed by atoms with Crippen molar-refractivity contribution in [1.82, 2.24) is 10.1 Å². The van der Waals surface area contributed by atoms with Gasteiger partial charge >= 0.3 is 0 Å². The Morgan fingerprint density at radius 3 is 2.59 bits per heavy atom. The van der Waals surface area contributed by atoms with Gasteiger partial charge in [-0.15, -0.1) is 12.4 Å². The molecule has 0 bridgehead atoms. The molecule has 0 spiro atoms. The third-order valence-electron chi connectivity index (χ3n) is 3.74. The maximum atomic E-state index is 6.36. The van der Waals surface area contributed by atoms with Crippen molar-refractivity contribution in [3.05, 3.63) is 11.7 Å². The molecule has 2 atom stereocenters. The summed E-state index contributed by atoms with van der Waals surface area (Å²) in [6.07, 6.45) is 0.893. The second-order valence-electron chi connectivity index (χ2n) is 4.99. The Bertz CT molecular complexity index is 394. The molecule has 1 aromatic heterocycles. The molecule has 2 rings (SSSR count). The van der Waals surface area contributed by atoms with Gasteiger partial charge in [-0.2, -0.15) is 4.98 Å². The van der Waals surface area contributed by atoms with E-state index in [1.54, 1.807) is 6.92 Å². The first-order chi connectivity index (χ1) is 7.41. The molecule has 0 amide bonds. The lowest BCUT2D eigenvalue weighted by molar-refractivity contribution is -0.162. The third-order valence-corrected chi connectivity index (χ3v) is 3.74. The van der Waals surface area contributed by atoms with Crippen LogP contribution < -0.4 is 5.73 Å². The van der Waals surface area contributed by atoms with Crippen LogP contribution in [0.1, 0.15) is 38.9 Å². The summed E-state index contributed by atoms with van der Waals surface area (Å²) in [4.78, 5) is 4.24. The molecule has 0 aromatic carbocycles. The van der Waals surface area contributed by atoms with Gasteiger partial charge in [0, 0.05) is 18.4 Å². The molecule has 2 N–H and O–H groups in total. The number of aromatic nitrogens is 2. The van der Waals surface area contributed by atoms with E-state index in [4.69, 9.17) is 15.0 Å². The maximum Gasteiger partial charge on any atom is 0.247 e. The summed E-state index contributed by atoms with van der Waals surface area (Å²) >= 11 is 0. The van der Waals surface area contributed by atoms with E-state index in [2.05, 4.69) is 24.0 Å². The third kappa shape index (κ3) is 1.96. The summed E-state index contributed by atoms with van der Waals surface area (Å²) in [5.74, 6) is 1.14. The van der Waals surface area contributed by atoms with Gasteiger partial charge in [0.1, 0.15) is 5.54 Å². The number of halogens is 1. The average Bonchev–Trinajstić information content (AvgIpc) is 2.64. The average molecular weight is 262 g/mol. The SMILES string of the molecule is CCOC1CC(N)(c2nc(C)no2)C1(C)C.Cl. The van der Waals surface area contributed by atoms with E-state index in [1.165, 1.54) is 0 Å². The van der Waals surface area contributed by atoms with E-state index in [0.29, 0.717) is 18.3 Å². The van der Waals surface area contributed by atoms with Gasteiger partial charge in [0.2, 0.25) is 5.89 Å². The molecule has 1 heterocycles. The summed E-state index contributed by atoms with van der Waals surface area (Å²) in [6, 6.07) is 0. The van der Waals surface area contributed by atoms with Crippen molar-refractivity contribution in [1.29, 1.82) is 0 Å². The first kappa shape index (κ1) is 14.4. The van der Waals surface area contributed by atoms with Gasteiger partial charge in [-0.25, -0.2) is 0 Å². The number of hydrogen-bond acceptors (Lipinski definition) is 5. The fourth-order valence-corrected chi connectivity index (χ4v) is 2.28. The van der Waals surface area contributed by atoms with Crippen LogP contribution >= 0.6 is 12.4 Å². The van der Waals surface area contributed by atoms with E-state index < -0.39 is 5.54 Å².